The molecule has 1 aliphatic rings. The maximum Gasteiger partial charge on any atom is 0.309 e. The first-order valence-corrected chi connectivity index (χ1v) is 7.52. The Morgan fingerprint density at radius 1 is 1.36 bits per heavy atom. The number of carbonyl (C=O) groups is 2. The van der Waals surface area contributed by atoms with Gasteiger partial charge in [-0.1, -0.05) is 0 Å². The maximum absolute atomic E-state index is 12.1. The highest BCUT2D eigenvalue weighted by molar-refractivity contribution is 5.75. The van der Waals surface area contributed by atoms with E-state index in [1.807, 2.05) is 31.1 Å². The quantitative estimate of drug-likeness (QED) is 0.788. The van der Waals surface area contributed by atoms with Crippen LogP contribution in [0.2, 0.25) is 0 Å². The fourth-order valence-corrected chi connectivity index (χ4v) is 2.50. The second kappa shape index (κ2) is 7.24. The molecule has 0 bridgehead atoms. The van der Waals surface area contributed by atoms with E-state index in [0.717, 1.165) is 11.4 Å². The van der Waals surface area contributed by atoms with Gasteiger partial charge in [-0.15, -0.1) is 0 Å². The van der Waals surface area contributed by atoms with Gasteiger partial charge in [0.15, 0.2) is 0 Å². The number of aromatic nitrogens is 1. The molecule has 0 saturated carbocycles. The number of rotatable bonds is 4. The summed E-state index contributed by atoms with van der Waals surface area (Å²) in [6.07, 6.45) is 3.07. The minimum Gasteiger partial charge on any atom is -0.461 e. The van der Waals surface area contributed by atoms with E-state index in [1.54, 1.807) is 18.0 Å². The molecule has 120 valence electrons. The number of hydrogen-bond acceptors (Lipinski definition) is 5. The fourth-order valence-electron chi connectivity index (χ4n) is 2.50. The molecule has 1 amide bonds. The number of hydrogen-bond donors (Lipinski definition) is 0. The van der Waals surface area contributed by atoms with Crippen LogP contribution in [0, 0.1) is 5.92 Å². The van der Waals surface area contributed by atoms with Crippen LogP contribution in [0.3, 0.4) is 0 Å². The molecule has 22 heavy (non-hydrogen) atoms. The zero-order valence-electron chi connectivity index (χ0n) is 13.4. The van der Waals surface area contributed by atoms with E-state index in [2.05, 4.69) is 4.98 Å². The van der Waals surface area contributed by atoms with E-state index >= 15 is 0 Å². The summed E-state index contributed by atoms with van der Waals surface area (Å²) in [4.78, 5) is 31.3. The standard InChI is InChI=1S/C16H23N3O3/c1-12(20)19-8-5-14(6-9-19)16(21)22-11-13-4-7-17-15(10-13)18(2)3/h4,7,10,14H,5-6,8-9,11H2,1-3H3. The Balaban J connectivity index is 1.83. The van der Waals surface area contributed by atoms with E-state index < -0.39 is 0 Å². The molecule has 0 aromatic carbocycles. The first-order valence-electron chi connectivity index (χ1n) is 7.52. The topological polar surface area (TPSA) is 62.7 Å². The van der Waals surface area contributed by atoms with E-state index in [0.29, 0.717) is 25.9 Å². The fraction of sp³-hybridized carbons (Fsp3) is 0.562. The average molecular weight is 305 g/mol. The number of likely N-dealkylation sites (tertiary alicyclic amines) is 1. The Hall–Kier alpha value is -2.11. The minimum atomic E-state index is -0.175. The van der Waals surface area contributed by atoms with Crippen molar-refractivity contribution in [3.63, 3.8) is 0 Å². The second-order valence-electron chi connectivity index (χ2n) is 5.80. The van der Waals surface area contributed by atoms with Crippen LogP contribution in [0.1, 0.15) is 25.3 Å². The molecule has 0 aliphatic carbocycles. The number of anilines is 1. The van der Waals surface area contributed by atoms with Gasteiger partial charge in [0.1, 0.15) is 12.4 Å². The number of ether oxygens (including phenoxy) is 1. The lowest BCUT2D eigenvalue weighted by Gasteiger charge is -2.30. The molecule has 1 saturated heterocycles. The zero-order chi connectivity index (χ0) is 16.1. The van der Waals surface area contributed by atoms with Crippen LogP contribution in [0.15, 0.2) is 18.3 Å². The largest absolute Gasteiger partial charge is 0.461 e. The molecule has 1 aromatic rings. The summed E-state index contributed by atoms with van der Waals surface area (Å²) in [5.41, 5.74) is 0.924. The van der Waals surface area contributed by atoms with Gasteiger partial charge >= 0.3 is 5.97 Å². The summed E-state index contributed by atoms with van der Waals surface area (Å²) in [5.74, 6) is 0.625. The van der Waals surface area contributed by atoms with Gasteiger partial charge in [-0.3, -0.25) is 9.59 Å². The van der Waals surface area contributed by atoms with Crippen molar-refractivity contribution in [3.05, 3.63) is 23.9 Å². The van der Waals surface area contributed by atoms with Crippen LogP contribution in [0.25, 0.3) is 0 Å². The number of nitrogens with zero attached hydrogens (tertiary/aromatic N) is 3. The van der Waals surface area contributed by atoms with E-state index in [1.165, 1.54) is 0 Å². The summed E-state index contributed by atoms with van der Waals surface area (Å²) in [6, 6.07) is 3.75. The minimum absolute atomic E-state index is 0.0693. The molecule has 6 nitrogen and oxygen atoms in total. The molecule has 1 fully saturated rings. The first-order chi connectivity index (χ1) is 10.5. The molecule has 1 aliphatic heterocycles. The Bertz CT molecular complexity index is 537. The van der Waals surface area contributed by atoms with Gasteiger partial charge < -0.3 is 14.5 Å². The molecule has 0 atom stereocenters. The van der Waals surface area contributed by atoms with Crippen molar-refractivity contribution in [3.8, 4) is 0 Å². The zero-order valence-corrected chi connectivity index (χ0v) is 13.4. The summed E-state index contributed by atoms with van der Waals surface area (Å²) in [6.45, 7) is 3.09. The van der Waals surface area contributed by atoms with Crippen molar-refractivity contribution in [1.29, 1.82) is 0 Å². The first kappa shape index (κ1) is 16.3. The molecule has 0 radical (unpaired) electrons. The summed E-state index contributed by atoms with van der Waals surface area (Å²) < 4.78 is 5.41. The number of amides is 1. The second-order valence-corrected chi connectivity index (χ2v) is 5.80. The van der Waals surface area contributed by atoms with Crippen LogP contribution < -0.4 is 4.90 Å². The SMILES string of the molecule is CC(=O)N1CCC(C(=O)OCc2ccnc(N(C)C)c2)CC1. The van der Waals surface area contributed by atoms with E-state index in [-0.39, 0.29) is 24.4 Å². The number of pyridine rings is 1. The number of piperidine rings is 1. The van der Waals surface area contributed by atoms with Crippen LogP contribution in [-0.2, 0) is 20.9 Å². The van der Waals surface area contributed by atoms with Crippen LogP contribution in [0.5, 0.6) is 0 Å². The molecule has 6 heteroatoms. The molecule has 0 unspecified atom stereocenters. The van der Waals surface area contributed by atoms with Crippen molar-refractivity contribution in [2.24, 2.45) is 5.92 Å². The average Bonchev–Trinajstić information content (AvgIpc) is 2.53. The molecule has 2 rings (SSSR count). The Morgan fingerprint density at radius 3 is 2.64 bits per heavy atom. The highest BCUT2D eigenvalue weighted by atomic mass is 16.5. The molecule has 1 aromatic heterocycles. The predicted molar refractivity (Wildman–Crippen MR) is 83.3 cm³/mol. The summed E-state index contributed by atoms with van der Waals surface area (Å²) in [7, 11) is 3.84. The van der Waals surface area contributed by atoms with Gasteiger partial charge in [-0.05, 0) is 30.5 Å². The molecule has 0 N–H and O–H groups in total. The lowest BCUT2D eigenvalue weighted by atomic mass is 9.97. The summed E-state index contributed by atoms with van der Waals surface area (Å²) in [5, 5.41) is 0. The predicted octanol–water partition coefficient (Wildman–Crippen LogP) is 1.45. The highest BCUT2D eigenvalue weighted by Gasteiger charge is 2.27. The Kier molecular flexibility index (Phi) is 5.35. The lowest BCUT2D eigenvalue weighted by molar-refractivity contribution is -0.152. The van der Waals surface area contributed by atoms with E-state index in [4.69, 9.17) is 4.74 Å². The third kappa shape index (κ3) is 4.19. The van der Waals surface area contributed by atoms with Gasteiger partial charge in [0.05, 0.1) is 5.92 Å². The Morgan fingerprint density at radius 2 is 2.05 bits per heavy atom. The maximum atomic E-state index is 12.1. The number of carbonyl (C=O) groups excluding carboxylic acids is 2. The van der Waals surface area contributed by atoms with Gasteiger partial charge in [-0.25, -0.2) is 4.98 Å². The van der Waals surface area contributed by atoms with Gasteiger partial charge in [0, 0.05) is 40.3 Å². The normalized spacial score (nSPS) is 15.5. The molecular weight excluding hydrogens is 282 g/mol. The Labute approximate surface area is 131 Å². The van der Waals surface area contributed by atoms with E-state index in [9.17, 15) is 9.59 Å². The van der Waals surface area contributed by atoms with Crippen molar-refractivity contribution in [2.45, 2.75) is 26.4 Å². The van der Waals surface area contributed by atoms with Crippen molar-refractivity contribution in [2.75, 3.05) is 32.1 Å². The lowest BCUT2D eigenvalue weighted by Crippen LogP contribution is -2.39. The van der Waals surface area contributed by atoms with Gasteiger partial charge in [-0.2, -0.15) is 0 Å². The van der Waals surface area contributed by atoms with Crippen molar-refractivity contribution >= 4 is 17.7 Å². The van der Waals surface area contributed by atoms with Gasteiger partial charge in [0.25, 0.3) is 0 Å². The summed E-state index contributed by atoms with van der Waals surface area (Å²) >= 11 is 0. The van der Waals surface area contributed by atoms with Crippen molar-refractivity contribution in [1.82, 2.24) is 9.88 Å². The van der Waals surface area contributed by atoms with Crippen LogP contribution >= 0.6 is 0 Å². The van der Waals surface area contributed by atoms with Crippen LogP contribution in [0.4, 0.5) is 5.82 Å². The third-order valence-electron chi connectivity index (χ3n) is 3.92. The molecule has 2 heterocycles. The third-order valence-corrected chi connectivity index (χ3v) is 3.92. The van der Waals surface area contributed by atoms with Crippen LogP contribution in [-0.4, -0.2) is 48.9 Å². The van der Waals surface area contributed by atoms with Crippen molar-refractivity contribution < 1.29 is 14.3 Å². The highest BCUT2D eigenvalue weighted by Crippen LogP contribution is 2.19. The molecule has 0 spiro atoms. The smallest absolute Gasteiger partial charge is 0.309 e. The van der Waals surface area contributed by atoms with Gasteiger partial charge in [0.2, 0.25) is 5.91 Å². The number of esters is 1. The molecular formula is C16H23N3O3. The monoisotopic (exact) mass is 305 g/mol.